The first-order chi connectivity index (χ1) is 25.5. The standard InChI is InChI=1S/C38H37FN6O7S/c39-27-12-25-28(13-29(27)43-10-9-19(14-40)15-43)44(24-7-8-24)16-26(33(25)46)38(51)52-17-23-18-53-36-31(35(48)45(36)32(23)37(49)50)42-34(47)30(41)22-6-5-20-3-1-2-4-21(20)11-22/h1-6,11-13,16,19,24,30-31,36H,7-10,14-15,17-18,40-41H2,(H,42,47)(H,49,50)/t19?,30-,31?,36?/m1/s1. The number of carbonyl (C=O) groups is 4. The summed E-state index contributed by atoms with van der Waals surface area (Å²) in [5.41, 5.74) is 12.4. The first kappa shape index (κ1) is 34.8. The predicted molar refractivity (Wildman–Crippen MR) is 197 cm³/mol. The van der Waals surface area contributed by atoms with Gasteiger partial charge in [-0.1, -0.05) is 36.4 Å². The summed E-state index contributed by atoms with van der Waals surface area (Å²) in [5.74, 6) is -3.87. The van der Waals surface area contributed by atoms with Crippen LogP contribution in [0.25, 0.3) is 21.7 Å². The molecule has 0 radical (unpaired) electrons. The van der Waals surface area contributed by atoms with E-state index in [2.05, 4.69) is 5.32 Å². The van der Waals surface area contributed by atoms with Crippen molar-refractivity contribution in [3.8, 4) is 0 Å². The average molecular weight is 741 g/mol. The Hall–Kier alpha value is -5.25. The molecule has 3 unspecified atom stereocenters. The van der Waals surface area contributed by atoms with Gasteiger partial charge >= 0.3 is 11.9 Å². The predicted octanol–water partition coefficient (Wildman–Crippen LogP) is 3.01. The minimum absolute atomic E-state index is 0.0271. The van der Waals surface area contributed by atoms with Gasteiger partial charge in [-0.05, 0) is 66.3 Å². The lowest BCUT2D eigenvalue weighted by Gasteiger charge is -2.49. The summed E-state index contributed by atoms with van der Waals surface area (Å²) in [7, 11) is 0. The number of amides is 2. The number of nitrogens with zero attached hydrogens (tertiary/aromatic N) is 3. The molecule has 1 saturated carbocycles. The number of carboxylic acids is 1. The molecule has 53 heavy (non-hydrogen) atoms. The zero-order chi connectivity index (χ0) is 37.1. The van der Waals surface area contributed by atoms with Crippen LogP contribution in [0.5, 0.6) is 0 Å². The van der Waals surface area contributed by atoms with Crippen LogP contribution in [0.2, 0.25) is 0 Å². The van der Waals surface area contributed by atoms with E-state index in [0.29, 0.717) is 36.4 Å². The van der Waals surface area contributed by atoms with E-state index < -0.39 is 59.1 Å². The molecule has 2 saturated heterocycles. The van der Waals surface area contributed by atoms with Gasteiger partial charge in [0.1, 0.15) is 41.1 Å². The van der Waals surface area contributed by atoms with Crippen molar-refractivity contribution in [2.75, 3.05) is 36.9 Å². The summed E-state index contributed by atoms with van der Waals surface area (Å²) in [6, 6.07) is 13.8. The highest BCUT2D eigenvalue weighted by Crippen LogP contribution is 2.41. The van der Waals surface area contributed by atoms with E-state index in [1.807, 2.05) is 45.9 Å². The van der Waals surface area contributed by atoms with Gasteiger partial charge in [0.2, 0.25) is 11.3 Å². The number of carbonyl (C=O) groups excluding carboxylic acids is 3. The fourth-order valence-electron chi connectivity index (χ4n) is 7.47. The van der Waals surface area contributed by atoms with Crippen molar-refractivity contribution >= 4 is 62.9 Å². The van der Waals surface area contributed by atoms with E-state index in [0.717, 1.165) is 34.9 Å². The number of aromatic nitrogens is 1. The number of hydrogen-bond donors (Lipinski definition) is 4. The van der Waals surface area contributed by atoms with Crippen molar-refractivity contribution in [1.29, 1.82) is 0 Å². The molecule has 6 N–H and O–H groups in total. The third kappa shape index (κ3) is 6.21. The number of halogens is 1. The molecule has 4 aromatic rings. The van der Waals surface area contributed by atoms with Crippen LogP contribution in [0.4, 0.5) is 10.1 Å². The maximum Gasteiger partial charge on any atom is 0.352 e. The van der Waals surface area contributed by atoms with E-state index in [-0.39, 0.29) is 39.9 Å². The fourth-order valence-corrected chi connectivity index (χ4v) is 8.79. The van der Waals surface area contributed by atoms with Crippen LogP contribution in [0, 0.1) is 11.7 Å². The molecule has 4 atom stereocenters. The van der Waals surface area contributed by atoms with Gasteiger partial charge in [0.25, 0.3) is 5.91 Å². The number of fused-ring (bicyclic) bond motifs is 3. The van der Waals surface area contributed by atoms with Crippen molar-refractivity contribution in [2.45, 2.75) is 42.8 Å². The number of nitrogens with one attached hydrogen (secondary N) is 1. The molecule has 1 aromatic heterocycles. The van der Waals surface area contributed by atoms with Gasteiger partial charge in [-0.25, -0.2) is 14.0 Å². The number of nitrogens with two attached hydrogens (primary N) is 2. The normalized spacial score (nSPS) is 21.8. The minimum Gasteiger partial charge on any atom is -0.477 e. The molecule has 15 heteroatoms. The Balaban J connectivity index is 0.984. The highest BCUT2D eigenvalue weighted by molar-refractivity contribution is 8.00. The summed E-state index contributed by atoms with van der Waals surface area (Å²) < 4.78 is 22.8. The van der Waals surface area contributed by atoms with Crippen molar-refractivity contribution in [3.63, 3.8) is 0 Å². The van der Waals surface area contributed by atoms with E-state index in [4.69, 9.17) is 16.2 Å². The van der Waals surface area contributed by atoms with E-state index >= 15 is 4.39 Å². The highest BCUT2D eigenvalue weighted by Gasteiger charge is 2.54. The molecule has 1 aliphatic carbocycles. The van der Waals surface area contributed by atoms with Gasteiger partial charge in [0, 0.05) is 42.0 Å². The van der Waals surface area contributed by atoms with E-state index in [1.165, 1.54) is 24.0 Å². The summed E-state index contributed by atoms with van der Waals surface area (Å²) in [4.78, 5) is 68.9. The van der Waals surface area contributed by atoms with Crippen molar-refractivity contribution in [3.05, 3.63) is 99.2 Å². The maximum atomic E-state index is 15.5. The summed E-state index contributed by atoms with van der Waals surface area (Å²) in [5, 5.41) is 14.0. The van der Waals surface area contributed by atoms with Crippen LogP contribution in [0.1, 0.15) is 47.3 Å². The third-order valence-corrected chi connectivity index (χ3v) is 11.9. The van der Waals surface area contributed by atoms with Gasteiger partial charge in [0.15, 0.2) is 0 Å². The topological polar surface area (TPSA) is 190 Å². The fraction of sp³-hybridized carbons (Fsp3) is 0.342. The Kier molecular flexibility index (Phi) is 8.95. The highest BCUT2D eigenvalue weighted by atomic mass is 32.2. The molecular formula is C38H37FN6O7S. The number of thioether (sulfide) groups is 1. The zero-order valence-electron chi connectivity index (χ0n) is 28.5. The third-order valence-electron chi connectivity index (χ3n) is 10.6. The smallest absolute Gasteiger partial charge is 0.352 e. The maximum absolute atomic E-state index is 15.5. The van der Waals surface area contributed by atoms with E-state index in [9.17, 15) is 29.1 Å². The van der Waals surface area contributed by atoms with Crippen LogP contribution < -0.4 is 27.1 Å². The second-order valence-corrected chi connectivity index (χ2v) is 15.1. The Morgan fingerprint density at radius 3 is 2.55 bits per heavy atom. The average Bonchev–Trinajstić information content (AvgIpc) is 3.90. The Bertz CT molecular complexity index is 2310. The van der Waals surface area contributed by atoms with Crippen LogP contribution in [-0.2, 0) is 19.1 Å². The molecule has 4 aliphatic rings. The molecule has 2 amide bonds. The number of anilines is 1. The molecule has 13 nitrogen and oxygen atoms in total. The zero-order valence-corrected chi connectivity index (χ0v) is 29.3. The quantitative estimate of drug-likeness (QED) is 0.138. The first-order valence-corrected chi connectivity index (χ1v) is 18.5. The molecule has 8 rings (SSSR count). The lowest BCUT2D eigenvalue weighted by molar-refractivity contribution is -0.151. The lowest BCUT2D eigenvalue weighted by Crippen LogP contribution is -2.71. The van der Waals surface area contributed by atoms with Gasteiger partial charge in [-0.3, -0.25) is 19.3 Å². The second kappa shape index (κ2) is 13.6. The van der Waals surface area contributed by atoms with Gasteiger partial charge < -0.3 is 36.1 Å². The SMILES string of the molecule is NCC1CCN(c2cc3c(cc2F)c(=O)c(C(=O)OCC2=C(C(=O)O)N4C(=O)C(NC(=O)[C@H](N)c5ccc6ccccc6c5)C4SC2)cn3C2CC2)C1. The summed E-state index contributed by atoms with van der Waals surface area (Å²) in [6.07, 6.45) is 3.93. The Morgan fingerprint density at radius 1 is 1.06 bits per heavy atom. The van der Waals surface area contributed by atoms with Crippen molar-refractivity contribution in [1.82, 2.24) is 14.8 Å². The molecule has 0 spiro atoms. The number of aliphatic carboxylic acids is 1. The number of pyridine rings is 1. The minimum atomic E-state index is -1.41. The first-order valence-electron chi connectivity index (χ1n) is 17.5. The van der Waals surface area contributed by atoms with Crippen LogP contribution in [-0.4, -0.2) is 81.7 Å². The van der Waals surface area contributed by atoms with Crippen LogP contribution in [0.15, 0.2) is 76.9 Å². The van der Waals surface area contributed by atoms with Crippen molar-refractivity contribution < 1.29 is 33.4 Å². The lowest BCUT2D eigenvalue weighted by atomic mass is 9.99. The van der Waals surface area contributed by atoms with Gasteiger partial charge in [-0.2, -0.15) is 0 Å². The summed E-state index contributed by atoms with van der Waals surface area (Å²) >= 11 is 1.21. The summed E-state index contributed by atoms with van der Waals surface area (Å²) in [6.45, 7) is 1.26. The molecule has 3 aliphatic heterocycles. The number of benzene rings is 3. The monoisotopic (exact) mass is 740 g/mol. The van der Waals surface area contributed by atoms with Crippen LogP contribution >= 0.6 is 11.8 Å². The van der Waals surface area contributed by atoms with Crippen molar-refractivity contribution in [2.24, 2.45) is 17.4 Å². The van der Waals surface area contributed by atoms with E-state index in [1.54, 1.807) is 12.1 Å². The molecule has 274 valence electrons. The number of hydrogen-bond acceptors (Lipinski definition) is 10. The molecule has 4 heterocycles. The number of ether oxygens (including phenoxy) is 1. The number of β-lactam (4-membered cyclic amide) rings is 1. The van der Waals surface area contributed by atoms with Gasteiger partial charge in [0.05, 0.1) is 11.2 Å². The molecule has 3 fully saturated rings. The molecule has 3 aromatic carbocycles. The van der Waals surface area contributed by atoms with Crippen LogP contribution in [0.3, 0.4) is 0 Å². The number of esters is 1. The molecule has 0 bridgehead atoms. The Morgan fingerprint density at radius 2 is 1.83 bits per heavy atom. The number of carboxylic acid groups (broad SMARTS) is 1. The Labute approximate surface area is 306 Å². The second-order valence-electron chi connectivity index (χ2n) is 14.0. The molecular weight excluding hydrogens is 704 g/mol. The largest absolute Gasteiger partial charge is 0.477 e. The van der Waals surface area contributed by atoms with Gasteiger partial charge in [-0.15, -0.1) is 11.8 Å². The number of rotatable bonds is 10.